The largest absolute Gasteiger partial charge is 0.309 e. The molecule has 2 aromatic rings. The van der Waals surface area contributed by atoms with E-state index in [-0.39, 0.29) is 0 Å². The normalized spacial score (nSPS) is 31.0. The minimum atomic E-state index is 0.477. The first kappa shape index (κ1) is 14.9. The van der Waals surface area contributed by atoms with Crippen molar-refractivity contribution in [1.82, 2.24) is 9.47 Å². The standard InChI is InChI=1S/C18H24N2S2/c1-17(2)8-13-9-18(3,10-17)11-19(13)12-20-14-6-4-5-7-15(14)22-16(20)21/h4-7,13H,8-12H2,1-3H3/t13-,18-/m1/s1. The van der Waals surface area contributed by atoms with Crippen molar-refractivity contribution in [2.75, 3.05) is 6.54 Å². The third-order valence-electron chi connectivity index (χ3n) is 5.42. The number of para-hydroxylation sites is 1. The Labute approximate surface area is 141 Å². The second-order valence-corrected chi connectivity index (χ2v) is 10.0. The number of hydrogen-bond acceptors (Lipinski definition) is 3. The molecule has 2 nitrogen and oxygen atoms in total. The van der Waals surface area contributed by atoms with Crippen LogP contribution >= 0.6 is 23.6 Å². The van der Waals surface area contributed by atoms with Gasteiger partial charge in [-0.3, -0.25) is 4.90 Å². The van der Waals surface area contributed by atoms with Crippen molar-refractivity contribution in [3.05, 3.63) is 28.2 Å². The quantitative estimate of drug-likeness (QED) is 0.690. The van der Waals surface area contributed by atoms with Crippen molar-refractivity contribution < 1.29 is 0 Å². The fourth-order valence-electron chi connectivity index (χ4n) is 5.07. The van der Waals surface area contributed by atoms with Gasteiger partial charge in [0.05, 0.1) is 16.9 Å². The van der Waals surface area contributed by atoms with Crippen molar-refractivity contribution in [3.8, 4) is 0 Å². The van der Waals surface area contributed by atoms with Gasteiger partial charge in [-0.2, -0.15) is 0 Å². The molecule has 1 aliphatic carbocycles. The zero-order valence-corrected chi connectivity index (χ0v) is 15.3. The van der Waals surface area contributed by atoms with Crippen LogP contribution in [0.15, 0.2) is 24.3 Å². The maximum absolute atomic E-state index is 5.64. The second-order valence-electron chi connectivity index (χ2n) is 8.37. The van der Waals surface area contributed by atoms with Crippen LogP contribution in [0.5, 0.6) is 0 Å². The van der Waals surface area contributed by atoms with Gasteiger partial charge in [-0.15, -0.1) is 11.3 Å². The molecule has 4 heteroatoms. The highest BCUT2D eigenvalue weighted by Crippen LogP contribution is 2.52. The average Bonchev–Trinajstić information content (AvgIpc) is 2.84. The highest BCUT2D eigenvalue weighted by Gasteiger charge is 2.49. The van der Waals surface area contributed by atoms with E-state index in [9.17, 15) is 0 Å². The lowest BCUT2D eigenvalue weighted by atomic mass is 9.65. The number of likely N-dealkylation sites (tertiary alicyclic amines) is 1. The highest BCUT2D eigenvalue weighted by atomic mass is 32.1. The summed E-state index contributed by atoms with van der Waals surface area (Å²) in [5, 5.41) is 0. The van der Waals surface area contributed by atoms with Gasteiger partial charge in [0.15, 0.2) is 3.95 Å². The van der Waals surface area contributed by atoms with Gasteiger partial charge >= 0.3 is 0 Å². The van der Waals surface area contributed by atoms with E-state index in [4.69, 9.17) is 12.2 Å². The van der Waals surface area contributed by atoms with E-state index in [0.29, 0.717) is 16.9 Å². The summed E-state index contributed by atoms with van der Waals surface area (Å²) in [5.74, 6) is 0. The number of fused-ring (bicyclic) bond motifs is 3. The summed E-state index contributed by atoms with van der Waals surface area (Å²) in [6.45, 7) is 9.53. The van der Waals surface area contributed by atoms with Gasteiger partial charge in [0.1, 0.15) is 0 Å². The fourth-order valence-corrected chi connectivity index (χ4v) is 6.38. The maximum atomic E-state index is 5.64. The predicted octanol–water partition coefficient (Wildman–Crippen LogP) is 5.29. The summed E-state index contributed by atoms with van der Waals surface area (Å²) in [7, 11) is 0. The van der Waals surface area contributed by atoms with E-state index in [2.05, 4.69) is 54.5 Å². The number of aromatic nitrogens is 1. The molecule has 2 heterocycles. The van der Waals surface area contributed by atoms with E-state index in [1.165, 1.54) is 36.0 Å². The molecule has 2 bridgehead atoms. The molecule has 2 fully saturated rings. The van der Waals surface area contributed by atoms with Crippen molar-refractivity contribution >= 4 is 33.8 Å². The Kier molecular flexibility index (Phi) is 3.30. The molecule has 0 amide bonds. The molecule has 1 aromatic heterocycles. The molecule has 1 saturated carbocycles. The Hall–Kier alpha value is -0.710. The molecule has 2 atom stereocenters. The van der Waals surface area contributed by atoms with E-state index in [1.54, 1.807) is 11.3 Å². The molecule has 2 aliphatic rings. The van der Waals surface area contributed by atoms with E-state index in [0.717, 1.165) is 10.6 Å². The highest BCUT2D eigenvalue weighted by molar-refractivity contribution is 7.73. The third-order valence-corrected chi connectivity index (χ3v) is 6.85. The van der Waals surface area contributed by atoms with Crippen LogP contribution in [0.25, 0.3) is 10.2 Å². The zero-order chi connectivity index (χ0) is 15.5. The first-order chi connectivity index (χ1) is 10.4. The summed E-state index contributed by atoms with van der Waals surface area (Å²) in [6.07, 6.45) is 4.02. The van der Waals surface area contributed by atoms with Crippen molar-refractivity contribution in [3.63, 3.8) is 0 Å². The maximum Gasteiger partial charge on any atom is 0.163 e. The number of rotatable bonds is 2. The number of thiazole rings is 1. The molecule has 0 unspecified atom stereocenters. The minimum Gasteiger partial charge on any atom is -0.309 e. The van der Waals surface area contributed by atoms with E-state index < -0.39 is 0 Å². The summed E-state index contributed by atoms with van der Waals surface area (Å²) in [5.41, 5.74) is 2.26. The zero-order valence-electron chi connectivity index (χ0n) is 13.6. The molecule has 1 saturated heterocycles. The Morgan fingerprint density at radius 2 is 2.00 bits per heavy atom. The molecular weight excluding hydrogens is 308 g/mol. The predicted molar refractivity (Wildman–Crippen MR) is 96.9 cm³/mol. The average molecular weight is 333 g/mol. The lowest BCUT2D eigenvalue weighted by molar-refractivity contribution is 0.122. The van der Waals surface area contributed by atoms with Gasteiger partial charge in [-0.1, -0.05) is 32.9 Å². The van der Waals surface area contributed by atoms with E-state index >= 15 is 0 Å². The Bertz CT molecular complexity index is 773. The SMILES string of the molecule is CC1(C)C[C@@H]2C[C@@](C)(CN2Cn2c(=S)sc3ccccc32)C1. The van der Waals surface area contributed by atoms with Gasteiger partial charge in [0.2, 0.25) is 0 Å². The number of hydrogen-bond donors (Lipinski definition) is 0. The lowest BCUT2D eigenvalue weighted by Gasteiger charge is -2.39. The summed E-state index contributed by atoms with van der Waals surface area (Å²) in [4.78, 5) is 2.68. The lowest BCUT2D eigenvalue weighted by Crippen LogP contribution is -2.35. The molecular formula is C18H24N2S2. The fraction of sp³-hybridized carbons (Fsp3) is 0.611. The first-order valence-corrected chi connectivity index (χ1v) is 9.40. The topological polar surface area (TPSA) is 8.17 Å². The van der Waals surface area contributed by atoms with Crippen LogP contribution in [0.3, 0.4) is 0 Å². The van der Waals surface area contributed by atoms with Crippen LogP contribution in [-0.4, -0.2) is 22.1 Å². The van der Waals surface area contributed by atoms with Crippen LogP contribution in [0.1, 0.15) is 40.0 Å². The smallest absolute Gasteiger partial charge is 0.163 e. The van der Waals surface area contributed by atoms with Crippen molar-refractivity contribution in [1.29, 1.82) is 0 Å². The minimum absolute atomic E-state index is 0.477. The number of benzene rings is 1. The summed E-state index contributed by atoms with van der Waals surface area (Å²) >= 11 is 7.37. The van der Waals surface area contributed by atoms with Crippen molar-refractivity contribution in [2.24, 2.45) is 10.8 Å². The summed E-state index contributed by atoms with van der Waals surface area (Å²) in [6, 6.07) is 9.32. The molecule has 22 heavy (non-hydrogen) atoms. The molecule has 4 rings (SSSR count). The Morgan fingerprint density at radius 3 is 2.82 bits per heavy atom. The third kappa shape index (κ3) is 2.45. The van der Waals surface area contributed by atoms with Crippen LogP contribution in [0.2, 0.25) is 0 Å². The van der Waals surface area contributed by atoms with Crippen LogP contribution in [0.4, 0.5) is 0 Å². The molecule has 0 radical (unpaired) electrons. The van der Waals surface area contributed by atoms with E-state index in [1.807, 2.05) is 0 Å². The summed E-state index contributed by atoms with van der Waals surface area (Å²) < 4.78 is 4.65. The number of nitrogens with zero attached hydrogens (tertiary/aromatic N) is 2. The molecule has 0 spiro atoms. The Morgan fingerprint density at radius 1 is 1.23 bits per heavy atom. The first-order valence-electron chi connectivity index (χ1n) is 8.18. The second kappa shape index (κ2) is 4.89. The van der Waals surface area contributed by atoms with Crippen LogP contribution < -0.4 is 0 Å². The van der Waals surface area contributed by atoms with Gasteiger partial charge in [0, 0.05) is 12.6 Å². The Balaban J connectivity index is 1.67. The molecule has 1 aliphatic heterocycles. The monoisotopic (exact) mass is 332 g/mol. The van der Waals surface area contributed by atoms with Gasteiger partial charge in [-0.05, 0) is 54.4 Å². The van der Waals surface area contributed by atoms with Gasteiger partial charge in [0.25, 0.3) is 0 Å². The molecule has 118 valence electrons. The molecule has 1 aromatic carbocycles. The van der Waals surface area contributed by atoms with Crippen LogP contribution in [-0.2, 0) is 6.67 Å². The van der Waals surface area contributed by atoms with Gasteiger partial charge < -0.3 is 4.57 Å². The van der Waals surface area contributed by atoms with Crippen LogP contribution in [0, 0.1) is 14.8 Å². The van der Waals surface area contributed by atoms with Crippen molar-refractivity contribution in [2.45, 2.75) is 52.7 Å². The van der Waals surface area contributed by atoms with Gasteiger partial charge in [-0.25, -0.2) is 0 Å². The molecule has 0 N–H and O–H groups in total.